The molecule has 1 unspecified atom stereocenters. The smallest absolute Gasteiger partial charge is 0.253 e. The van der Waals surface area contributed by atoms with Gasteiger partial charge in [0.15, 0.2) is 0 Å². The predicted octanol–water partition coefficient (Wildman–Crippen LogP) is 2.97. The number of rotatable bonds is 3. The Hall–Kier alpha value is -2.80. The number of nitrogens with zero attached hydrogens (tertiary/aromatic N) is 2. The van der Waals surface area contributed by atoms with Crippen LogP contribution < -0.4 is 0 Å². The summed E-state index contributed by atoms with van der Waals surface area (Å²) in [5.41, 5.74) is 2.38. The van der Waals surface area contributed by atoms with E-state index in [4.69, 9.17) is 5.26 Å². The van der Waals surface area contributed by atoms with E-state index >= 15 is 0 Å². The topological polar surface area (TPSA) is 64.3 Å². The molecule has 1 aliphatic heterocycles. The molecule has 1 aliphatic rings. The number of hydrogen-bond acceptors (Lipinski definition) is 3. The van der Waals surface area contributed by atoms with Crippen LogP contribution in [0.1, 0.15) is 27.9 Å². The first-order chi connectivity index (χ1) is 11.2. The lowest BCUT2D eigenvalue weighted by molar-refractivity contribution is 0.0787. The summed E-state index contributed by atoms with van der Waals surface area (Å²) in [4.78, 5) is 14.4. The van der Waals surface area contributed by atoms with Gasteiger partial charge in [-0.2, -0.15) is 5.26 Å². The van der Waals surface area contributed by atoms with Crippen molar-refractivity contribution in [2.75, 3.05) is 13.1 Å². The molecule has 3 rings (SSSR count). The summed E-state index contributed by atoms with van der Waals surface area (Å²) >= 11 is 0. The van der Waals surface area contributed by atoms with Gasteiger partial charge >= 0.3 is 0 Å². The molecule has 0 saturated carbocycles. The number of carbonyl (C=O) groups is 1. The maximum atomic E-state index is 12.5. The molecular weight excluding hydrogens is 288 g/mol. The zero-order valence-electron chi connectivity index (χ0n) is 12.8. The van der Waals surface area contributed by atoms with Gasteiger partial charge in [0.1, 0.15) is 5.75 Å². The maximum Gasteiger partial charge on any atom is 0.253 e. The fraction of sp³-hybridized carbons (Fsp3) is 0.263. The molecule has 2 aromatic carbocycles. The van der Waals surface area contributed by atoms with Crippen LogP contribution in [-0.4, -0.2) is 29.0 Å². The lowest BCUT2D eigenvalue weighted by Crippen LogP contribution is -2.28. The van der Waals surface area contributed by atoms with Crippen LogP contribution >= 0.6 is 0 Å². The number of phenols is 1. The summed E-state index contributed by atoms with van der Waals surface area (Å²) in [6.45, 7) is 1.52. The highest BCUT2D eigenvalue weighted by molar-refractivity contribution is 5.94. The van der Waals surface area contributed by atoms with Crippen molar-refractivity contribution in [1.29, 1.82) is 5.26 Å². The standard InChI is InChI=1S/C19H18N2O2/c20-12-15-1-5-17(6-2-15)19(23)21-10-9-16(13-21)11-14-3-7-18(22)8-4-14/h1-8,16,22H,9-11,13H2. The molecule has 0 aliphatic carbocycles. The third kappa shape index (κ3) is 3.51. The summed E-state index contributed by atoms with van der Waals surface area (Å²) in [6.07, 6.45) is 1.90. The van der Waals surface area contributed by atoms with Crippen LogP contribution in [-0.2, 0) is 6.42 Å². The van der Waals surface area contributed by atoms with Gasteiger partial charge < -0.3 is 10.0 Å². The molecule has 0 aromatic heterocycles. The third-order valence-corrected chi connectivity index (χ3v) is 4.29. The quantitative estimate of drug-likeness (QED) is 0.948. The van der Waals surface area contributed by atoms with E-state index in [9.17, 15) is 9.90 Å². The number of aromatic hydroxyl groups is 1. The summed E-state index contributed by atoms with van der Waals surface area (Å²) in [7, 11) is 0. The van der Waals surface area contributed by atoms with Crippen LogP contribution in [0.15, 0.2) is 48.5 Å². The molecule has 0 spiro atoms. The molecule has 0 radical (unpaired) electrons. The van der Waals surface area contributed by atoms with Crippen molar-refractivity contribution in [3.63, 3.8) is 0 Å². The molecule has 2 aromatic rings. The predicted molar refractivity (Wildman–Crippen MR) is 87.0 cm³/mol. The van der Waals surface area contributed by atoms with Crippen molar-refractivity contribution in [2.24, 2.45) is 5.92 Å². The summed E-state index contributed by atoms with van der Waals surface area (Å²) < 4.78 is 0. The van der Waals surface area contributed by atoms with Gasteiger partial charge in [0.25, 0.3) is 5.91 Å². The Labute approximate surface area is 135 Å². The molecule has 4 heteroatoms. The Morgan fingerprint density at radius 1 is 1.17 bits per heavy atom. The Bertz CT molecular complexity index is 729. The minimum atomic E-state index is 0.0303. The van der Waals surface area contributed by atoms with Gasteiger partial charge in [0.2, 0.25) is 0 Å². The van der Waals surface area contributed by atoms with E-state index in [2.05, 4.69) is 6.07 Å². The van der Waals surface area contributed by atoms with Gasteiger partial charge in [0.05, 0.1) is 11.6 Å². The average Bonchev–Trinajstić information content (AvgIpc) is 3.05. The largest absolute Gasteiger partial charge is 0.508 e. The lowest BCUT2D eigenvalue weighted by atomic mass is 9.99. The van der Waals surface area contributed by atoms with Crippen molar-refractivity contribution >= 4 is 5.91 Å². The van der Waals surface area contributed by atoms with Gasteiger partial charge in [-0.05, 0) is 60.7 Å². The second-order valence-electron chi connectivity index (χ2n) is 5.97. The zero-order valence-corrected chi connectivity index (χ0v) is 12.8. The van der Waals surface area contributed by atoms with E-state index in [1.54, 1.807) is 36.4 Å². The molecule has 0 bridgehead atoms. The van der Waals surface area contributed by atoms with Crippen molar-refractivity contribution in [3.05, 3.63) is 65.2 Å². The Balaban J connectivity index is 1.61. The molecular formula is C19H18N2O2. The van der Waals surface area contributed by atoms with Gasteiger partial charge in [-0.3, -0.25) is 4.79 Å². The van der Waals surface area contributed by atoms with E-state index in [-0.39, 0.29) is 11.7 Å². The van der Waals surface area contributed by atoms with Gasteiger partial charge in [-0.25, -0.2) is 0 Å². The van der Waals surface area contributed by atoms with Crippen LogP contribution in [0.2, 0.25) is 0 Å². The van der Waals surface area contributed by atoms with E-state index in [0.717, 1.165) is 25.9 Å². The monoisotopic (exact) mass is 306 g/mol. The first-order valence-corrected chi connectivity index (χ1v) is 7.73. The number of likely N-dealkylation sites (tertiary alicyclic amines) is 1. The summed E-state index contributed by atoms with van der Waals surface area (Å²) in [5.74, 6) is 0.752. The van der Waals surface area contributed by atoms with E-state index in [0.29, 0.717) is 17.0 Å². The molecule has 116 valence electrons. The molecule has 1 N–H and O–H groups in total. The SMILES string of the molecule is N#Cc1ccc(C(=O)N2CCC(Cc3ccc(O)cc3)C2)cc1. The Kier molecular flexibility index (Phi) is 4.29. The van der Waals surface area contributed by atoms with Crippen LogP contribution in [0.5, 0.6) is 5.75 Å². The second-order valence-corrected chi connectivity index (χ2v) is 5.97. The average molecular weight is 306 g/mol. The van der Waals surface area contributed by atoms with Gasteiger partial charge in [-0.1, -0.05) is 12.1 Å². The van der Waals surface area contributed by atoms with Crippen molar-refractivity contribution in [3.8, 4) is 11.8 Å². The molecule has 1 atom stereocenters. The molecule has 1 amide bonds. The normalized spacial score (nSPS) is 17.0. The first kappa shape index (κ1) is 15.1. The number of phenolic OH excluding ortho intramolecular Hbond substituents is 1. The highest BCUT2D eigenvalue weighted by Gasteiger charge is 2.26. The number of nitriles is 1. The summed E-state index contributed by atoms with van der Waals surface area (Å²) in [5, 5.41) is 18.1. The minimum absolute atomic E-state index is 0.0303. The van der Waals surface area contributed by atoms with E-state index < -0.39 is 0 Å². The zero-order chi connectivity index (χ0) is 16.2. The Morgan fingerprint density at radius 3 is 2.52 bits per heavy atom. The van der Waals surface area contributed by atoms with E-state index in [1.807, 2.05) is 17.0 Å². The van der Waals surface area contributed by atoms with Crippen LogP contribution in [0.4, 0.5) is 0 Å². The number of hydrogen-bond donors (Lipinski definition) is 1. The Morgan fingerprint density at radius 2 is 1.87 bits per heavy atom. The third-order valence-electron chi connectivity index (χ3n) is 4.29. The van der Waals surface area contributed by atoms with Gasteiger partial charge in [-0.15, -0.1) is 0 Å². The highest BCUT2D eigenvalue weighted by Crippen LogP contribution is 2.23. The van der Waals surface area contributed by atoms with Crippen LogP contribution in [0.25, 0.3) is 0 Å². The van der Waals surface area contributed by atoms with E-state index in [1.165, 1.54) is 5.56 Å². The summed E-state index contributed by atoms with van der Waals surface area (Å²) in [6, 6.07) is 16.1. The molecule has 23 heavy (non-hydrogen) atoms. The van der Waals surface area contributed by atoms with Crippen LogP contribution in [0, 0.1) is 17.2 Å². The van der Waals surface area contributed by atoms with Gasteiger partial charge in [0, 0.05) is 18.7 Å². The maximum absolute atomic E-state index is 12.5. The second kappa shape index (κ2) is 6.53. The first-order valence-electron chi connectivity index (χ1n) is 7.73. The number of carbonyl (C=O) groups excluding carboxylic acids is 1. The number of benzene rings is 2. The number of amides is 1. The minimum Gasteiger partial charge on any atom is -0.508 e. The lowest BCUT2D eigenvalue weighted by Gasteiger charge is -2.17. The van der Waals surface area contributed by atoms with Crippen LogP contribution in [0.3, 0.4) is 0 Å². The van der Waals surface area contributed by atoms with Crippen molar-refractivity contribution < 1.29 is 9.90 Å². The fourth-order valence-electron chi connectivity index (χ4n) is 3.02. The fourth-order valence-corrected chi connectivity index (χ4v) is 3.02. The molecule has 1 heterocycles. The molecule has 1 saturated heterocycles. The van der Waals surface area contributed by atoms with Crippen molar-refractivity contribution in [1.82, 2.24) is 4.90 Å². The molecule has 1 fully saturated rings. The molecule has 4 nitrogen and oxygen atoms in total. The highest BCUT2D eigenvalue weighted by atomic mass is 16.3. The van der Waals surface area contributed by atoms with Crippen molar-refractivity contribution in [2.45, 2.75) is 12.8 Å².